The number of ether oxygens (including phenoxy) is 2. The van der Waals surface area contributed by atoms with Crippen LogP contribution in [0.2, 0.25) is 0 Å². The number of guanidine groups is 1. The van der Waals surface area contributed by atoms with Crippen LogP contribution in [0.15, 0.2) is 23.2 Å². The van der Waals surface area contributed by atoms with E-state index in [0.717, 1.165) is 68.1 Å². The average Bonchev–Trinajstić information content (AvgIpc) is 3.37. The third kappa shape index (κ3) is 8.82. The van der Waals surface area contributed by atoms with Crippen molar-refractivity contribution in [3.8, 4) is 23.3 Å². The van der Waals surface area contributed by atoms with Gasteiger partial charge in [0.15, 0.2) is 23.2 Å². The summed E-state index contributed by atoms with van der Waals surface area (Å²) in [6.07, 6.45) is 13.5. The van der Waals surface area contributed by atoms with Crippen molar-refractivity contribution in [3.63, 3.8) is 0 Å². The van der Waals surface area contributed by atoms with E-state index in [9.17, 15) is 9.90 Å². The summed E-state index contributed by atoms with van der Waals surface area (Å²) in [5, 5.41) is 11.4. The van der Waals surface area contributed by atoms with E-state index in [1.807, 2.05) is 12.1 Å². The van der Waals surface area contributed by atoms with Crippen LogP contribution in [0.25, 0.3) is 0 Å². The summed E-state index contributed by atoms with van der Waals surface area (Å²) >= 11 is 0. The molecule has 202 valence electrons. The number of rotatable bonds is 11. The molecule has 1 aromatic carbocycles. The lowest BCUT2D eigenvalue weighted by Gasteiger charge is -2.24. The van der Waals surface area contributed by atoms with Crippen LogP contribution in [0.3, 0.4) is 0 Å². The molecule has 3 rings (SSSR count). The minimum absolute atomic E-state index is 0.0641. The Kier molecular flexibility index (Phi) is 11.3. The predicted molar refractivity (Wildman–Crippen MR) is 148 cm³/mol. The number of nitrogens with two attached hydrogens (primary N) is 2. The average molecular weight is 510 g/mol. The van der Waals surface area contributed by atoms with Crippen molar-refractivity contribution in [2.45, 2.75) is 96.1 Å². The van der Waals surface area contributed by atoms with Crippen LogP contribution in [0, 0.1) is 17.8 Å². The molecule has 0 aromatic heterocycles. The largest absolute Gasteiger partial charge is 0.504 e. The summed E-state index contributed by atoms with van der Waals surface area (Å²) < 4.78 is 11.8. The number of hydrogen-bond acceptors (Lipinski definition) is 5. The Morgan fingerprint density at radius 3 is 2.73 bits per heavy atom. The molecule has 0 spiro atoms. The standard InChI is InChI=1S/C30H43N3O4/c1-3-4-5-10-24(34)17-15-22-19-28(37-25-11-6-7-12-25)29(35)27-18-21(20-36-2)14-16-23(33-30(31)32)9-8-13-26(22)27/h5,10,19,21,23,25,35H,3-4,6-7,9,11-12,14-18,20H2,1-2H3,(H4,31,32,33). The van der Waals surface area contributed by atoms with Gasteiger partial charge in [-0.25, -0.2) is 4.99 Å². The number of benzene rings is 1. The second kappa shape index (κ2) is 14.7. The maximum absolute atomic E-state index is 12.5. The molecule has 7 nitrogen and oxygen atoms in total. The Hall–Kier alpha value is -2.98. The number of hydrogen-bond donors (Lipinski definition) is 3. The molecule has 2 atom stereocenters. The third-order valence-corrected chi connectivity index (χ3v) is 7.13. The number of carbonyl (C=O) groups is 1. The normalized spacial score (nSPS) is 20.2. The Morgan fingerprint density at radius 2 is 2.03 bits per heavy atom. The fourth-order valence-electron chi connectivity index (χ4n) is 5.19. The lowest BCUT2D eigenvalue weighted by Crippen LogP contribution is -2.26. The van der Waals surface area contributed by atoms with Gasteiger partial charge in [0.2, 0.25) is 0 Å². The van der Waals surface area contributed by atoms with E-state index >= 15 is 0 Å². The molecule has 1 aromatic rings. The number of carbonyl (C=O) groups excluding carboxylic acids is 1. The Labute approximate surface area is 221 Å². The summed E-state index contributed by atoms with van der Waals surface area (Å²) in [6, 6.07) is 1.81. The number of unbranched alkanes of at least 4 members (excludes halogenated alkanes) is 1. The van der Waals surface area contributed by atoms with Crippen LogP contribution in [-0.2, 0) is 22.4 Å². The monoisotopic (exact) mass is 509 g/mol. The van der Waals surface area contributed by atoms with Crippen LogP contribution in [0.5, 0.6) is 11.5 Å². The lowest BCUT2D eigenvalue weighted by atomic mass is 9.86. The van der Waals surface area contributed by atoms with Crippen LogP contribution >= 0.6 is 0 Å². The Balaban J connectivity index is 2.02. The molecule has 7 heteroatoms. The van der Waals surface area contributed by atoms with E-state index in [-0.39, 0.29) is 35.6 Å². The number of aromatic hydroxyl groups is 1. The van der Waals surface area contributed by atoms with Crippen molar-refractivity contribution >= 4 is 11.7 Å². The van der Waals surface area contributed by atoms with Gasteiger partial charge in [0.1, 0.15) is 0 Å². The van der Waals surface area contributed by atoms with Gasteiger partial charge in [-0.2, -0.15) is 0 Å². The number of allylic oxidation sites excluding steroid dienone is 2. The third-order valence-electron chi connectivity index (χ3n) is 7.13. The van der Waals surface area contributed by atoms with Crippen molar-refractivity contribution < 1.29 is 19.4 Å². The lowest BCUT2D eigenvalue weighted by molar-refractivity contribution is -0.114. The van der Waals surface area contributed by atoms with Crippen LogP contribution in [0.1, 0.15) is 87.8 Å². The van der Waals surface area contributed by atoms with Crippen molar-refractivity contribution in [2.75, 3.05) is 13.7 Å². The van der Waals surface area contributed by atoms with Gasteiger partial charge in [0, 0.05) is 37.7 Å². The molecular formula is C30H43N3O4. The first-order valence-corrected chi connectivity index (χ1v) is 13.7. The predicted octanol–water partition coefficient (Wildman–Crippen LogP) is 4.55. The second-order valence-corrected chi connectivity index (χ2v) is 10.2. The minimum Gasteiger partial charge on any atom is -0.504 e. The number of phenols is 1. The summed E-state index contributed by atoms with van der Waals surface area (Å²) in [5.74, 6) is 7.54. The van der Waals surface area contributed by atoms with Crippen LogP contribution in [0.4, 0.5) is 0 Å². The van der Waals surface area contributed by atoms with Gasteiger partial charge in [-0.15, -0.1) is 0 Å². The number of phenolic OH excluding ortho intramolecular Hbond substituents is 1. The van der Waals surface area contributed by atoms with E-state index in [4.69, 9.17) is 20.9 Å². The van der Waals surface area contributed by atoms with Crippen LogP contribution in [-0.4, -0.2) is 42.7 Å². The summed E-state index contributed by atoms with van der Waals surface area (Å²) in [7, 11) is 1.69. The molecule has 0 saturated heterocycles. The van der Waals surface area contributed by atoms with E-state index in [1.165, 1.54) is 0 Å². The fraction of sp³-hybridized carbons (Fsp3) is 0.600. The number of nitrogens with zero attached hydrogens (tertiary/aromatic N) is 1. The molecule has 0 radical (unpaired) electrons. The summed E-state index contributed by atoms with van der Waals surface area (Å²) in [6.45, 7) is 2.64. The van der Waals surface area contributed by atoms with Gasteiger partial charge in [-0.1, -0.05) is 31.3 Å². The molecule has 37 heavy (non-hydrogen) atoms. The maximum atomic E-state index is 12.5. The van der Waals surface area contributed by atoms with Crippen molar-refractivity contribution in [2.24, 2.45) is 22.4 Å². The van der Waals surface area contributed by atoms with E-state index < -0.39 is 0 Å². The van der Waals surface area contributed by atoms with Gasteiger partial charge in [0.25, 0.3) is 0 Å². The zero-order valence-corrected chi connectivity index (χ0v) is 22.4. The number of ketones is 1. The molecule has 2 aliphatic rings. The second-order valence-electron chi connectivity index (χ2n) is 10.2. The zero-order chi connectivity index (χ0) is 26.6. The Morgan fingerprint density at radius 1 is 1.24 bits per heavy atom. The Bertz CT molecular complexity index is 1030. The first kappa shape index (κ1) is 28.6. The van der Waals surface area contributed by atoms with Gasteiger partial charge >= 0.3 is 0 Å². The van der Waals surface area contributed by atoms with Crippen molar-refractivity contribution in [3.05, 3.63) is 34.9 Å². The zero-order valence-electron chi connectivity index (χ0n) is 22.4. The highest BCUT2D eigenvalue weighted by atomic mass is 16.5. The van der Waals surface area contributed by atoms with E-state index in [1.54, 1.807) is 13.2 Å². The molecule has 0 amide bonds. The maximum Gasteiger partial charge on any atom is 0.186 e. The summed E-state index contributed by atoms with van der Waals surface area (Å²) in [5.41, 5.74) is 13.8. The van der Waals surface area contributed by atoms with Crippen molar-refractivity contribution in [1.29, 1.82) is 0 Å². The highest BCUT2D eigenvalue weighted by Gasteiger charge is 2.25. The minimum atomic E-state index is -0.0919. The molecule has 2 unspecified atom stereocenters. The molecule has 0 bridgehead atoms. The molecule has 2 aliphatic carbocycles. The molecule has 1 saturated carbocycles. The number of fused-ring (bicyclic) bond motifs is 1. The van der Waals surface area contributed by atoms with Gasteiger partial charge in [-0.3, -0.25) is 4.79 Å². The molecular weight excluding hydrogens is 466 g/mol. The molecule has 0 heterocycles. The highest BCUT2D eigenvalue weighted by Crippen LogP contribution is 2.40. The fourth-order valence-corrected chi connectivity index (χ4v) is 5.19. The van der Waals surface area contributed by atoms with Crippen molar-refractivity contribution in [1.82, 2.24) is 0 Å². The van der Waals surface area contributed by atoms with E-state index in [0.29, 0.717) is 38.0 Å². The summed E-state index contributed by atoms with van der Waals surface area (Å²) in [4.78, 5) is 16.9. The number of aliphatic imine (C=N–C) groups is 1. The smallest absolute Gasteiger partial charge is 0.186 e. The number of aryl methyl sites for hydroxylation is 1. The van der Waals surface area contributed by atoms with E-state index in [2.05, 4.69) is 23.8 Å². The molecule has 0 aliphatic heterocycles. The van der Waals surface area contributed by atoms with Gasteiger partial charge < -0.3 is 26.0 Å². The molecule has 1 fully saturated rings. The highest BCUT2D eigenvalue weighted by molar-refractivity contribution is 5.89. The SMILES string of the molecule is CCCC=CC(=O)CCc1cc(OC2CCCC2)c(O)c2c1C#CCC(N=C(N)N)CCC(COC)C2. The first-order chi connectivity index (χ1) is 17.9. The number of methoxy groups -OCH3 is 1. The van der Waals surface area contributed by atoms with Gasteiger partial charge in [0.05, 0.1) is 12.1 Å². The molecule has 5 N–H and O–H groups in total. The topological polar surface area (TPSA) is 120 Å². The first-order valence-electron chi connectivity index (χ1n) is 13.7. The van der Waals surface area contributed by atoms with Gasteiger partial charge in [-0.05, 0) is 81.4 Å². The quantitative estimate of drug-likeness (QED) is 0.174. The van der Waals surface area contributed by atoms with Crippen LogP contribution < -0.4 is 16.2 Å².